The second kappa shape index (κ2) is 10.2. The van der Waals surface area contributed by atoms with Gasteiger partial charge in [0.05, 0.1) is 39.9 Å². The van der Waals surface area contributed by atoms with Crippen molar-refractivity contribution in [2.24, 2.45) is 0 Å². The Balaban J connectivity index is 1.55. The fourth-order valence-corrected chi connectivity index (χ4v) is 5.42. The van der Waals surface area contributed by atoms with E-state index in [2.05, 4.69) is 14.7 Å². The molecule has 1 saturated heterocycles. The smallest absolute Gasteiger partial charge is 0.186 e. The molecule has 1 aliphatic heterocycles. The van der Waals surface area contributed by atoms with Crippen LogP contribution in [0.15, 0.2) is 59.8 Å². The number of rotatable bonds is 6. The van der Waals surface area contributed by atoms with Crippen LogP contribution in [-0.4, -0.2) is 36.3 Å². The first-order chi connectivity index (χ1) is 17.0. The summed E-state index contributed by atoms with van der Waals surface area (Å²) in [5.41, 5.74) is 0.484. The lowest BCUT2D eigenvalue weighted by Gasteiger charge is -2.26. The summed E-state index contributed by atoms with van der Waals surface area (Å²) in [6.07, 6.45) is 3.20. The van der Waals surface area contributed by atoms with Gasteiger partial charge in [-0.3, -0.25) is 4.98 Å². The topological polar surface area (TPSA) is 50.3 Å². The average molecular weight is 519 g/mol. The van der Waals surface area contributed by atoms with Crippen LogP contribution in [0, 0.1) is 23.3 Å². The van der Waals surface area contributed by atoms with Gasteiger partial charge in [0.25, 0.3) is 0 Å². The quantitative estimate of drug-likeness (QED) is 0.236. The van der Waals surface area contributed by atoms with Gasteiger partial charge in [-0.1, -0.05) is 11.3 Å². The molecule has 35 heavy (non-hydrogen) atoms. The highest BCUT2D eigenvalue weighted by Crippen LogP contribution is 2.43. The van der Waals surface area contributed by atoms with Gasteiger partial charge >= 0.3 is 0 Å². The molecule has 5 rings (SSSR count). The van der Waals surface area contributed by atoms with E-state index in [0.29, 0.717) is 48.3 Å². The summed E-state index contributed by atoms with van der Waals surface area (Å²) in [6.45, 7) is 2.31. The summed E-state index contributed by atoms with van der Waals surface area (Å²) in [5, 5.41) is 0.628. The van der Waals surface area contributed by atoms with Crippen molar-refractivity contribution in [2.45, 2.75) is 4.90 Å². The molecule has 2 aromatic heterocycles. The molecule has 11 heteroatoms. The number of ether oxygens (including phenoxy) is 1. The highest BCUT2D eigenvalue weighted by atomic mass is 32.2. The number of nitrogens with one attached hydrogen (secondary N) is 1. The van der Waals surface area contributed by atoms with Crippen molar-refractivity contribution in [3.05, 3.63) is 78.1 Å². The van der Waals surface area contributed by atoms with Crippen LogP contribution in [0.4, 0.5) is 28.4 Å². The number of halogens is 4. The number of hydrogen-bond acceptors (Lipinski definition) is 7. The molecule has 1 aliphatic rings. The predicted molar refractivity (Wildman–Crippen MR) is 130 cm³/mol. The van der Waals surface area contributed by atoms with Crippen molar-refractivity contribution < 1.29 is 22.3 Å². The van der Waals surface area contributed by atoms with Gasteiger partial charge in [0.2, 0.25) is 0 Å². The minimum atomic E-state index is -0.886. The van der Waals surface area contributed by atoms with E-state index in [-0.39, 0.29) is 21.8 Å². The van der Waals surface area contributed by atoms with E-state index in [1.54, 1.807) is 24.5 Å². The lowest BCUT2D eigenvalue weighted by molar-refractivity contribution is 0.122. The molecule has 180 valence electrons. The molecule has 0 atom stereocenters. The van der Waals surface area contributed by atoms with Crippen LogP contribution in [0.2, 0.25) is 0 Å². The highest BCUT2D eigenvalue weighted by molar-refractivity contribution is 8.00. The third kappa shape index (κ3) is 4.97. The molecule has 0 amide bonds. The maximum Gasteiger partial charge on any atom is 0.186 e. The molecule has 1 N–H and O–H groups in total. The zero-order valence-electron chi connectivity index (χ0n) is 18.1. The number of nitrogens with zero attached hydrogens (tertiary/aromatic N) is 3. The Bertz CT molecular complexity index is 1350. The van der Waals surface area contributed by atoms with Crippen molar-refractivity contribution in [3.8, 4) is 21.7 Å². The standard InChI is InChI=1S/C24H18F4N4OS2/c25-15-1-2-16(26)19(13-15)35-31-18-4-3-17(27)20(21(18)28)22-23(14-5-7-29-8-6-14)34-24(30-22)32-9-11-33-12-10-32/h1-8,13,31H,9-12H2. The predicted octanol–water partition coefficient (Wildman–Crippen LogP) is 6.38. The first kappa shape index (κ1) is 23.6. The Morgan fingerprint density at radius 1 is 0.943 bits per heavy atom. The fraction of sp³-hybridized carbons (Fsp3) is 0.167. The zero-order chi connectivity index (χ0) is 24.4. The van der Waals surface area contributed by atoms with E-state index in [4.69, 9.17) is 4.74 Å². The third-order valence-corrected chi connectivity index (χ3v) is 7.35. The Hall–Kier alpha value is -3.15. The summed E-state index contributed by atoms with van der Waals surface area (Å²) in [7, 11) is 0. The van der Waals surface area contributed by atoms with Gasteiger partial charge < -0.3 is 14.4 Å². The van der Waals surface area contributed by atoms with Crippen molar-refractivity contribution in [1.29, 1.82) is 0 Å². The Labute approximate surface area is 206 Å². The third-order valence-electron chi connectivity index (χ3n) is 5.33. The number of benzene rings is 2. The van der Waals surface area contributed by atoms with Gasteiger partial charge in [-0.15, -0.1) is 0 Å². The maximum absolute atomic E-state index is 15.7. The van der Waals surface area contributed by atoms with Crippen molar-refractivity contribution in [3.63, 3.8) is 0 Å². The number of thiazole rings is 1. The van der Waals surface area contributed by atoms with Gasteiger partial charge in [-0.2, -0.15) is 0 Å². The van der Waals surface area contributed by atoms with E-state index >= 15 is 8.78 Å². The lowest BCUT2D eigenvalue weighted by atomic mass is 10.1. The summed E-state index contributed by atoms with van der Waals surface area (Å²) >= 11 is 2.02. The highest BCUT2D eigenvalue weighted by Gasteiger charge is 2.26. The normalized spacial score (nSPS) is 13.8. The number of aromatic nitrogens is 2. The molecule has 0 bridgehead atoms. The second-order valence-corrected chi connectivity index (χ2v) is 9.40. The van der Waals surface area contributed by atoms with Gasteiger partial charge in [-0.25, -0.2) is 22.5 Å². The van der Waals surface area contributed by atoms with E-state index in [1.165, 1.54) is 17.4 Å². The molecule has 5 nitrogen and oxygen atoms in total. The maximum atomic E-state index is 15.7. The van der Waals surface area contributed by atoms with Gasteiger partial charge in [0, 0.05) is 25.5 Å². The van der Waals surface area contributed by atoms with E-state index in [9.17, 15) is 8.78 Å². The van der Waals surface area contributed by atoms with Crippen LogP contribution in [0.5, 0.6) is 0 Å². The van der Waals surface area contributed by atoms with Crippen LogP contribution in [-0.2, 0) is 4.74 Å². The van der Waals surface area contributed by atoms with E-state index < -0.39 is 23.3 Å². The SMILES string of the molecule is Fc1ccc(F)c(SNc2ccc(F)c(-c3nc(N4CCOCC4)sc3-c3ccncc3)c2F)c1. The van der Waals surface area contributed by atoms with Crippen molar-refractivity contribution in [2.75, 3.05) is 35.9 Å². The number of hydrogen-bond donors (Lipinski definition) is 1. The van der Waals surface area contributed by atoms with Gasteiger partial charge in [0.1, 0.15) is 17.5 Å². The molecule has 0 spiro atoms. The van der Waals surface area contributed by atoms with Crippen LogP contribution in [0.3, 0.4) is 0 Å². The number of morpholine rings is 1. The second-order valence-electron chi connectivity index (χ2n) is 7.57. The average Bonchev–Trinajstić information content (AvgIpc) is 3.32. The molecule has 4 aromatic rings. The molecular weight excluding hydrogens is 500 g/mol. The van der Waals surface area contributed by atoms with Crippen LogP contribution in [0.1, 0.15) is 0 Å². The van der Waals surface area contributed by atoms with E-state index in [1.807, 2.05) is 4.90 Å². The van der Waals surface area contributed by atoms with Gasteiger partial charge in [0.15, 0.2) is 10.9 Å². The first-order valence-electron chi connectivity index (χ1n) is 10.6. The summed E-state index contributed by atoms with van der Waals surface area (Å²) in [4.78, 5) is 11.2. The molecule has 2 aromatic carbocycles. The van der Waals surface area contributed by atoms with Gasteiger partial charge in [-0.05, 0) is 60.0 Å². The Morgan fingerprint density at radius 2 is 1.69 bits per heavy atom. The number of pyridine rings is 1. The largest absolute Gasteiger partial charge is 0.378 e. The van der Waals surface area contributed by atoms with Crippen molar-refractivity contribution in [1.82, 2.24) is 9.97 Å². The lowest BCUT2D eigenvalue weighted by Crippen LogP contribution is -2.36. The Kier molecular flexibility index (Phi) is 6.89. The van der Waals surface area contributed by atoms with Crippen molar-refractivity contribution >= 4 is 34.1 Å². The molecular formula is C24H18F4N4OS2. The Morgan fingerprint density at radius 3 is 2.46 bits per heavy atom. The number of anilines is 2. The molecule has 0 unspecified atom stereocenters. The molecule has 0 radical (unpaired) electrons. The minimum absolute atomic E-state index is 0.0592. The molecule has 0 saturated carbocycles. The molecule has 1 fully saturated rings. The zero-order valence-corrected chi connectivity index (χ0v) is 19.7. The molecule has 3 heterocycles. The van der Waals surface area contributed by atoms with Crippen LogP contribution < -0.4 is 9.62 Å². The van der Waals surface area contributed by atoms with Crippen LogP contribution in [0.25, 0.3) is 21.7 Å². The summed E-state index contributed by atoms with van der Waals surface area (Å²) in [5.74, 6) is -2.97. The van der Waals surface area contributed by atoms with Crippen LogP contribution >= 0.6 is 23.3 Å². The molecule has 0 aliphatic carbocycles. The van der Waals surface area contributed by atoms with E-state index in [0.717, 1.165) is 29.8 Å². The minimum Gasteiger partial charge on any atom is -0.378 e. The fourth-order valence-electron chi connectivity index (χ4n) is 3.58. The monoisotopic (exact) mass is 518 g/mol. The summed E-state index contributed by atoms with van der Waals surface area (Å²) in [6, 6.07) is 8.79. The first-order valence-corrected chi connectivity index (χ1v) is 12.2. The summed E-state index contributed by atoms with van der Waals surface area (Å²) < 4.78 is 66.3.